The fourth-order valence-electron chi connectivity index (χ4n) is 5.05. The molecule has 10 nitrogen and oxygen atoms in total. The van der Waals surface area contributed by atoms with Crippen molar-refractivity contribution in [3.8, 4) is 17.2 Å². The molecule has 2 amide bonds. The van der Waals surface area contributed by atoms with E-state index in [9.17, 15) is 4.79 Å². The number of aromatic nitrogens is 5. The van der Waals surface area contributed by atoms with Gasteiger partial charge in [0.1, 0.15) is 29.4 Å². The van der Waals surface area contributed by atoms with Crippen LogP contribution in [0.25, 0.3) is 27.5 Å². The number of nitrogens with one attached hydrogen (secondary N) is 2. The van der Waals surface area contributed by atoms with Crippen LogP contribution in [0.5, 0.6) is 11.5 Å². The third kappa shape index (κ3) is 5.78. The molecule has 0 atom stereocenters. The maximum atomic E-state index is 13.3. The molecular weight excluding hydrogens is 554 g/mol. The van der Waals surface area contributed by atoms with Crippen LogP contribution >= 0.6 is 0 Å². The van der Waals surface area contributed by atoms with Gasteiger partial charge < -0.3 is 19.4 Å². The van der Waals surface area contributed by atoms with Crippen LogP contribution in [-0.2, 0) is 12.0 Å². The molecule has 0 aliphatic carbocycles. The van der Waals surface area contributed by atoms with Crippen molar-refractivity contribution in [2.75, 3.05) is 24.4 Å². The maximum absolute atomic E-state index is 13.3. The lowest BCUT2D eigenvalue weighted by atomic mass is 9.92. The van der Waals surface area contributed by atoms with Crippen molar-refractivity contribution in [3.05, 3.63) is 96.7 Å². The van der Waals surface area contributed by atoms with Gasteiger partial charge in [-0.1, -0.05) is 51.1 Å². The van der Waals surface area contributed by atoms with Gasteiger partial charge in [-0.15, -0.1) is 0 Å². The van der Waals surface area contributed by atoms with Crippen LogP contribution in [0.4, 0.5) is 16.3 Å². The van der Waals surface area contributed by atoms with Crippen molar-refractivity contribution in [1.82, 2.24) is 24.3 Å². The first-order valence-corrected chi connectivity index (χ1v) is 14.5. The summed E-state index contributed by atoms with van der Waals surface area (Å²) in [7, 11) is 1.64. The van der Waals surface area contributed by atoms with E-state index in [0.717, 1.165) is 50.4 Å². The minimum absolute atomic E-state index is 0.208. The van der Waals surface area contributed by atoms with E-state index in [1.807, 2.05) is 84.3 Å². The van der Waals surface area contributed by atoms with E-state index in [4.69, 9.17) is 14.6 Å². The van der Waals surface area contributed by atoms with Gasteiger partial charge in [-0.25, -0.2) is 14.5 Å². The number of para-hydroxylation sites is 1. The zero-order valence-corrected chi connectivity index (χ0v) is 25.5. The number of pyridine rings is 1. The summed E-state index contributed by atoms with van der Waals surface area (Å²) in [5.74, 6) is 2.02. The molecule has 6 aromatic rings. The zero-order valence-electron chi connectivity index (χ0n) is 25.5. The van der Waals surface area contributed by atoms with E-state index >= 15 is 0 Å². The quantitative estimate of drug-likeness (QED) is 0.196. The Morgan fingerprint density at radius 1 is 0.909 bits per heavy atom. The summed E-state index contributed by atoms with van der Waals surface area (Å²) in [6, 6.07) is 22.8. The van der Waals surface area contributed by atoms with Gasteiger partial charge in [0.25, 0.3) is 0 Å². The lowest BCUT2D eigenvalue weighted by molar-refractivity contribution is 0.262. The Bertz CT molecular complexity index is 1950. The molecule has 0 aliphatic heterocycles. The fraction of sp³-hybridized carbons (Fsp3) is 0.235. The predicted molar refractivity (Wildman–Crippen MR) is 173 cm³/mol. The van der Waals surface area contributed by atoms with Crippen molar-refractivity contribution in [2.24, 2.45) is 0 Å². The van der Waals surface area contributed by atoms with Gasteiger partial charge in [-0.05, 0) is 43.3 Å². The highest BCUT2D eigenvalue weighted by Crippen LogP contribution is 2.32. The van der Waals surface area contributed by atoms with Crippen LogP contribution in [-0.4, -0.2) is 44.1 Å². The Morgan fingerprint density at radius 2 is 1.73 bits per heavy atom. The van der Waals surface area contributed by atoms with E-state index in [0.29, 0.717) is 24.7 Å². The predicted octanol–water partition coefficient (Wildman–Crippen LogP) is 7.11. The van der Waals surface area contributed by atoms with Crippen LogP contribution in [0, 0.1) is 6.92 Å². The molecule has 224 valence electrons. The molecule has 3 aromatic carbocycles. The molecule has 3 heterocycles. The molecule has 0 fully saturated rings. The van der Waals surface area contributed by atoms with Gasteiger partial charge in [-0.3, -0.25) is 10.3 Å². The van der Waals surface area contributed by atoms with Crippen molar-refractivity contribution in [1.29, 1.82) is 0 Å². The van der Waals surface area contributed by atoms with E-state index in [1.165, 1.54) is 0 Å². The molecule has 0 spiro atoms. The fourth-order valence-corrected chi connectivity index (χ4v) is 5.05. The first kappa shape index (κ1) is 28.7. The number of hydrogen-bond donors (Lipinski definition) is 2. The van der Waals surface area contributed by atoms with Crippen molar-refractivity contribution < 1.29 is 14.3 Å². The van der Waals surface area contributed by atoms with E-state index in [-0.39, 0.29) is 11.4 Å². The summed E-state index contributed by atoms with van der Waals surface area (Å²) in [6.07, 6.45) is 3.54. The number of carbonyl (C=O) groups is 1. The second-order valence-electron chi connectivity index (χ2n) is 11.6. The Labute approximate surface area is 255 Å². The highest BCUT2D eigenvalue weighted by atomic mass is 16.5. The van der Waals surface area contributed by atoms with Crippen LogP contribution in [0.2, 0.25) is 0 Å². The number of ether oxygens (including phenoxy) is 2. The lowest BCUT2D eigenvalue weighted by Crippen LogP contribution is -2.21. The second kappa shape index (κ2) is 11.7. The molecular formula is C34H35N7O3. The number of nitrogens with zero attached hydrogens (tertiary/aromatic N) is 5. The average Bonchev–Trinajstić information content (AvgIpc) is 3.63. The van der Waals surface area contributed by atoms with Crippen LogP contribution in [0.3, 0.4) is 0 Å². The largest absolute Gasteiger partial charge is 0.494 e. The number of aryl methyl sites for hydroxylation is 1. The third-order valence-electron chi connectivity index (χ3n) is 7.41. The van der Waals surface area contributed by atoms with Gasteiger partial charge in [-0.2, -0.15) is 5.10 Å². The molecule has 0 unspecified atom stereocenters. The van der Waals surface area contributed by atoms with Crippen LogP contribution in [0.1, 0.15) is 32.2 Å². The van der Waals surface area contributed by atoms with Gasteiger partial charge in [0.15, 0.2) is 0 Å². The Hall–Kier alpha value is -5.38. The van der Waals surface area contributed by atoms with Gasteiger partial charge in [0, 0.05) is 27.9 Å². The Kier molecular flexibility index (Phi) is 7.65. The van der Waals surface area contributed by atoms with Gasteiger partial charge in [0.05, 0.1) is 48.8 Å². The number of imidazole rings is 1. The van der Waals surface area contributed by atoms with Crippen molar-refractivity contribution in [2.45, 2.75) is 39.7 Å². The standard InChI is InChI=1S/C34H35N7O3/c1-22-13-14-23(20-35-22)41-31(19-30(39-41)34(2,3)4)38-33(42)37-26-15-16-28(25-10-7-6-9-24(25)26)44-18-17-40-21-36-32-27(40)11-8-12-29(32)43-5/h6-16,19-21H,17-18H2,1-5H3,(H2,37,38,42). The van der Waals surface area contributed by atoms with Gasteiger partial charge in [0.2, 0.25) is 0 Å². The average molecular weight is 590 g/mol. The summed E-state index contributed by atoms with van der Waals surface area (Å²) in [4.78, 5) is 22.2. The molecule has 0 saturated carbocycles. The Balaban J connectivity index is 1.20. The number of urea groups is 1. The van der Waals surface area contributed by atoms with Crippen molar-refractivity contribution in [3.63, 3.8) is 0 Å². The summed E-state index contributed by atoms with van der Waals surface area (Å²) in [6.45, 7) is 9.24. The number of rotatable bonds is 8. The monoisotopic (exact) mass is 589 g/mol. The molecule has 0 bridgehead atoms. The first-order chi connectivity index (χ1) is 21.2. The molecule has 0 saturated heterocycles. The Morgan fingerprint density at radius 3 is 2.48 bits per heavy atom. The van der Waals surface area contributed by atoms with Gasteiger partial charge >= 0.3 is 6.03 Å². The molecule has 10 heteroatoms. The summed E-state index contributed by atoms with van der Waals surface area (Å²) < 4.78 is 15.4. The molecule has 0 radical (unpaired) electrons. The maximum Gasteiger partial charge on any atom is 0.324 e. The minimum Gasteiger partial charge on any atom is -0.494 e. The molecule has 44 heavy (non-hydrogen) atoms. The number of anilines is 2. The normalized spacial score (nSPS) is 11.6. The number of amides is 2. The lowest BCUT2D eigenvalue weighted by Gasteiger charge is -2.15. The first-order valence-electron chi connectivity index (χ1n) is 14.5. The molecule has 0 aliphatic rings. The molecule has 3 aromatic heterocycles. The zero-order chi connectivity index (χ0) is 30.8. The summed E-state index contributed by atoms with van der Waals surface area (Å²) in [5, 5.41) is 12.6. The van der Waals surface area contributed by atoms with Crippen LogP contribution in [0.15, 0.2) is 85.3 Å². The number of carbonyl (C=O) groups excluding carboxylic acids is 1. The number of methoxy groups -OCH3 is 1. The van der Waals surface area contributed by atoms with E-state index < -0.39 is 0 Å². The molecule has 6 rings (SSSR count). The topological polar surface area (TPSA) is 108 Å². The van der Waals surface area contributed by atoms with Crippen molar-refractivity contribution >= 4 is 39.3 Å². The highest BCUT2D eigenvalue weighted by Gasteiger charge is 2.22. The highest BCUT2D eigenvalue weighted by molar-refractivity contribution is 6.07. The number of fused-ring (bicyclic) bond motifs is 2. The summed E-state index contributed by atoms with van der Waals surface area (Å²) in [5.41, 5.74) is 4.77. The SMILES string of the molecule is COc1cccc2c1ncn2CCOc1ccc(NC(=O)Nc2cc(C(C)(C)C)nn2-c2ccc(C)nc2)c2ccccc12. The third-order valence-corrected chi connectivity index (χ3v) is 7.41. The minimum atomic E-state index is -0.382. The second-order valence-corrected chi connectivity index (χ2v) is 11.6. The number of hydrogen-bond acceptors (Lipinski definition) is 6. The summed E-state index contributed by atoms with van der Waals surface area (Å²) >= 11 is 0. The number of benzene rings is 3. The van der Waals surface area contributed by atoms with Crippen LogP contribution < -0.4 is 20.1 Å². The molecule has 2 N–H and O–H groups in total. The van der Waals surface area contributed by atoms with E-state index in [2.05, 4.69) is 41.4 Å². The van der Waals surface area contributed by atoms with E-state index in [1.54, 1.807) is 24.3 Å². The smallest absolute Gasteiger partial charge is 0.324 e.